The third-order valence-electron chi connectivity index (χ3n) is 5.26. The number of likely N-dealkylation sites (N-methyl/N-ethyl adjacent to an activating group) is 1. The van der Waals surface area contributed by atoms with Crippen LogP contribution in [0.2, 0.25) is 0 Å². The minimum absolute atomic E-state index is 0. The molecule has 25 heavy (non-hydrogen) atoms. The van der Waals surface area contributed by atoms with E-state index in [9.17, 15) is 0 Å². The van der Waals surface area contributed by atoms with Crippen molar-refractivity contribution in [3.63, 3.8) is 0 Å². The van der Waals surface area contributed by atoms with E-state index in [4.69, 9.17) is 0 Å². The van der Waals surface area contributed by atoms with Gasteiger partial charge in [0.1, 0.15) is 6.04 Å². The standard InChI is InChI=1S/C21H29N2S.HI/c1-5-6-15-23(3,4)17(2)16-22-18-11-7-9-13-20(18)24-21-14-10-8-12-19(21)22;/h7-14,17H,5-6,15-16H2,1-4H3;1H/q+1;/p-1. The molecule has 0 aliphatic carbocycles. The van der Waals surface area contributed by atoms with E-state index in [1.807, 2.05) is 11.8 Å². The van der Waals surface area contributed by atoms with Crippen LogP contribution in [0.1, 0.15) is 26.7 Å². The molecule has 2 nitrogen and oxygen atoms in total. The molecule has 0 amide bonds. The smallest absolute Gasteiger partial charge is 0.104 e. The third kappa shape index (κ3) is 4.52. The van der Waals surface area contributed by atoms with Crippen LogP contribution in [0.5, 0.6) is 0 Å². The van der Waals surface area contributed by atoms with E-state index < -0.39 is 0 Å². The van der Waals surface area contributed by atoms with Crippen molar-refractivity contribution in [2.24, 2.45) is 0 Å². The summed E-state index contributed by atoms with van der Waals surface area (Å²) in [6.45, 7) is 6.95. The van der Waals surface area contributed by atoms with Gasteiger partial charge >= 0.3 is 0 Å². The lowest BCUT2D eigenvalue weighted by Crippen LogP contribution is -3.00. The van der Waals surface area contributed by atoms with Crippen molar-refractivity contribution < 1.29 is 28.5 Å². The fourth-order valence-electron chi connectivity index (χ4n) is 3.25. The molecular formula is C21H29IN2S. The number of hydrogen-bond acceptors (Lipinski definition) is 2. The van der Waals surface area contributed by atoms with Gasteiger partial charge in [0.2, 0.25) is 0 Å². The Morgan fingerprint density at radius 3 is 2.00 bits per heavy atom. The van der Waals surface area contributed by atoms with Crippen molar-refractivity contribution in [3.05, 3.63) is 48.5 Å². The zero-order valence-electron chi connectivity index (χ0n) is 15.7. The van der Waals surface area contributed by atoms with Gasteiger partial charge in [0.25, 0.3) is 0 Å². The molecule has 0 radical (unpaired) electrons. The van der Waals surface area contributed by atoms with Gasteiger partial charge in [0.15, 0.2) is 0 Å². The Labute approximate surface area is 174 Å². The van der Waals surface area contributed by atoms with Crippen molar-refractivity contribution in [2.75, 3.05) is 32.1 Å². The van der Waals surface area contributed by atoms with E-state index in [-0.39, 0.29) is 24.0 Å². The van der Waals surface area contributed by atoms with E-state index >= 15 is 0 Å². The number of rotatable bonds is 6. The lowest BCUT2D eigenvalue weighted by Gasteiger charge is -2.41. The Bertz CT molecular complexity index is 656. The van der Waals surface area contributed by atoms with Crippen molar-refractivity contribution >= 4 is 23.1 Å². The van der Waals surface area contributed by atoms with Crippen LogP contribution in [0, 0.1) is 0 Å². The maximum absolute atomic E-state index is 2.53. The Hall–Kier alpha value is -0.720. The molecule has 0 saturated carbocycles. The van der Waals surface area contributed by atoms with Crippen molar-refractivity contribution in [1.82, 2.24) is 0 Å². The summed E-state index contributed by atoms with van der Waals surface area (Å²) in [5.74, 6) is 0. The minimum atomic E-state index is 0. The van der Waals surface area contributed by atoms with E-state index in [1.54, 1.807) is 0 Å². The molecule has 1 unspecified atom stereocenters. The molecule has 1 aliphatic rings. The lowest BCUT2D eigenvalue weighted by atomic mass is 10.1. The lowest BCUT2D eigenvalue weighted by molar-refractivity contribution is -0.911. The molecule has 2 aromatic rings. The third-order valence-corrected chi connectivity index (χ3v) is 6.39. The Kier molecular flexibility index (Phi) is 7.23. The number of para-hydroxylation sites is 2. The van der Waals surface area contributed by atoms with Crippen LogP contribution in [0.4, 0.5) is 11.4 Å². The maximum atomic E-state index is 2.53. The number of quaternary nitrogens is 1. The van der Waals surface area contributed by atoms with Gasteiger partial charge < -0.3 is 33.4 Å². The first kappa shape index (κ1) is 20.6. The van der Waals surface area contributed by atoms with E-state index in [1.165, 1.54) is 40.6 Å². The molecule has 1 aliphatic heterocycles. The van der Waals surface area contributed by atoms with Crippen LogP contribution in [0.3, 0.4) is 0 Å². The van der Waals surface area contributed by atoms with Crippen molar-refractivity contribution in [1.29, 1.82) is 0 Å². The molecule has 0 spiro atoms. The molecule has 0 aromatic heterocycles. The molecule has 4 heteroatoms. The predicted molar refractivity (Wildman–Crippen MR) is 105 cm³/mol. The molecule has 0 fully saturated rings. The van der Waals surface area contributed by atoms with E-state index in [0.29, 0.717) is 6.04 Å². The Morgan fingerprint density at radius 2 is 1.48 bits per heavy atom. The first-order valence-corrected chi connectivity index (χ1v) is 9.80. The van der Waals surface area contributed by atoms with Gasteiger partial charge in [0.05, 0.1) is 38.6 Å². The van der Waals surface area contributed by atoms with Crippen molar-refractivity contribution in [3.8, 4) is 0 Å². The highest BCUT2D eigenvalue weighted by Gasteiger charge is 2.30. The van der Waals surface area contributed by atoms with Crippen LogP contribution in [-0.2, 0) is 0 Å². The van der Waals surface area contributed by atoms with Crippen LogP contribution < -0.4 is 28.9 Å². The van der Waals surface area contributed by atoms with Crippen LogP contribution >= 0.6 is 11.8 Å². The summed E-state index contributed by atoms with van der Waals surface area (Å²) in [5, 5.41) is 0. The normalized spacial score (nSPS) is 14.3. The van der Waals surface area contributed by atoms with Crippen LogP contribution in [-0.4, -0.2) is 37.7 Å². The van der Waals surface area contributed by atoms with E-state index in [0.717, 1.165) is 11.0 Å². The maximum Gasteiger partial charge on any atom is 0.104 e. The number of anilines is 2. The summed E-state index contributed by atoms with van der Waals surface area (Å²) in [6.07, 6.45) is 2.56. The quantitative estimate of drug-likeness (QED) is 0.474. The number of unbranched alkanes of at least 4 members (excludes halogenated alkanes) is 1. The van der Waals surface area contributed by atoms with Gasteiger partial charge in [-0.1, -0.05) is 49.4 Å². The molecule has 0 N–H and O–H groups in total. The van der Waals surface area contributed by atoms with Gasteiger partial charge in [-0.3, -0.25) is 0 Å². The molecule has 0 bridgehead atoms. The van der Waals surface area contributed by atoms with Gasteiger partial charge in [0, 0.05) is 9.79 Å². The number of nitrogens with zero attached hydrogens (tertiary/aromatic N) is 2. The number of benzene rings is 2. The predicted octanol–water partition coefficient (Wildman–Crippen LogP) is 2.56. The average molecular weight is 468 g/mol. The second-order valence-electron chi connectivity index (χ2n) is 7.35. The summed E-state index contributed by atoms with van der Waals surface area (Å²) in [6, 6.07) is 18.2. The Balaban J connectivity index is 0.00000225. The summed E-state index contributed by atoms with van der Waals surface area (Å²) in [7, 11) is 4.74. The highest BCUT2D eigenvalue weighted by atomic mass is 127. The monoisotopic (exact) mass is 468 g/mol. The van der Waals surface area contributed by atoms with Crippen molar-refractivity contribution in [2.45, 2.75) is 42.5 Å². The second kappa shape index (κ2) is 8.78. The van der Waals surface area contributed by atoms with E-state index in [2.05, 4.69) is 81.4 Å². The zero-order valence-corrected chi connectivity index (χ0v) is 18.7. The second-order valence-corrected chi connectivity index (χ2v) is 8.44. The number of fused-ring (bicyclic) bond motifs is 2. The fraction of sp³-hybridized carbons (Fsp3) is 0.429. The molecule has 0 saturated heterocycles. The van der Waals surface area contributed by atoms with Gasteiger partial charge in [-0.15, -0.1) is 0 Å². The molecule has 1 heterocycles. The molecule has 136 valence electrons. The zero-order chi connectivity index (χ0) is 17.2. The number of halogens is 1. The summed E-state index contributed by atoms with van der Waals surface area (Å²) in [4.78, 5) is 5.25. The highest BCUT2D eigenvalue weighted by molar-refractivity contribution is 7.99. The summed E-state index contributed by atoms with van der Waals surface area (Å²) >= 11 is 1.89. The number of hydrogen-bond donors (Lipinski definition) is 0. The van der Waals surface area contributed by atoms with Gasteiger partial charge in [-0.2, -0.15) is 0 Å². The SMILES string of the molecule is CCCC[N+](C)(C)C(C)CN1c2ccccc2Sc2ccccc21.[I-]. The molecule has 2 aromatic carbocycles. The fourth-order valence-corrected chi connectivity index (χ4v) is 4.34. The minimum Gasteiger partial charge on any atom is -1.00 e. The molecular weight excluding hydrogens is 439 g/mol. The van der Waals surface area contributed by atoms with Crippen LogP contribution in [0.25, 0.3) is 0 Å². The van der Waals surface area contributed by atoms with Gasteiger partial charge in [-0.05, 0) is 37.6 Å². The van der Waals surface area contributed by atoms with Crippen LogP contribution in [0.15, 0.2) is 58.3 Å². The molecule has 3 rings (SSSR count). The first-order chi connectivity index (χ1) is 11.5. The molecule has 1 atom stereocenters. The summed E-state index contributed by atoms with van der Waals surface area (Å²) < 4.78 is 1.07. The Morgan fingerprint density at radius 1 is 0.960 bits per heavy atom. The highest BCUT2D eigenvalue weighted by Crippen LogP contribution is 2.47. The first-order valence-electron chi connectivity index (χ1n) is 8.99. The average Bonchev–Trinajstić information content (AvgIpc) is 2.59. The largest absolute Gasteiger partial charge is 1.00 e. The topological polar surface area (TPSA) is 3.24 Å². The summed E-state index contributed by atoms with van der Waals surface area (Å²) in [5.41, 5.74) is 2.70. The van der Waals surface area contributed by atoms with Gasteiger partial charge in [-0.25, -0.2) is 0 Å².